The molecular formula is C9H18ClN. The summed E-state index contributed by atoms with van der Waals surface area (Å²) in [6, 6.07) is 0. The van der Waals surface area contributed by atoms with Crippen LogP contribution in [0.15, 0.2) is 0 Å². The molecule has 1 fully saturated rings. The minimum Gasteiger partial charge on any atom is -0.317 e. The van der Waals surface area contributed by atoms with Crippen molar-refractivity contribution in [2.24, 2.45) is 5.41 Å². The average molecular weight is 176 g/mol. The van der Waals surface area contributed by atoms with E-state index in [4.69, 9.17) is 11.6 Å². The smallest absolute Gasteiger partial charge is 0.0519 e. The van der Waals surface area contributed by atoms with Crippen molar-refractivity contribution in [1.29, 1.82) is 0 Å². The number of hydrogen-bond donors (Lipinski definition) is 1. The van der Waals surface area contributed by atoms with E-state index in [1.165, 1.54) is 0 Å². The molecule has 1 N–H and O–H groups in total. The zero-order valence-corrected chi connectivity index (χ0v) is 8.46. The van der Waals surface area contributed by atoms with E-state index in [1.54, 1.807) is 0 Å². The fraction of sp³-hybridized carbons (Fsp3) is 1.00. The number of piperidine rings is 1. The maximum Gasteiger partial charge on any atom is 0.0519 e. The van der Waals surface area contributed by atoms with Gasteiger partial charge in [0.15, 0.2) is 0 Å². The summed E-state index contributed by atoms with van der Waals surface area (Å²) < 4.78 is 0. The van der Waals surface area contributed by atoms with Crippen LogP contribution in [0.4, 0.5) is 0 Å². The van der Waals surface area contributed by atoms with Crippen LogP contribution < -0.4 is 5.32 Å². The third-order valence-corrected chi connectivity index (χ3v) is 3.69. The van der Waals surface area contributed by atoms with Gasteiger partial charge in [0.25, 0.3) is 0 Å². The van der Waals surface area contributed by atoms with Gasteiger partial charge in [-0.05, 0) is 31.3 Å². The van der Waals surface area contributed by atoms with Crippen molar-refractivity contribution in [2.45, 2.75) is 38.5 Å². The summed E-state index contributed by atoms with van der Waals surface area (Å²) in [6.07, 6.45) is 2.19. The van der Waals surface area contributed by atoms with Crippen LogP contribution in [0.5, 0.6) is 0 Å². The highest BCUT2D eigenvalue weighted by Gasteiger charge is 2.40. The minimum absolute atomic E-state index is 0.0260. The highest BCUT2D eigenvalue weighted by Crippen LogP contribution is 2.42. The number of nitrogens with one attached hydrogen (secondary N) is 1. The summed E-state index contributed by atoms with van der Waals surface area (Å²) in [6.45, 7) is 8.82. The van der Waals surface area contributed by atoms with E-state index in [-0.39, 0.29) is 10.3 Å². The number of rotatable bonds is 0. The van der Waals surface area contributed by atoms with Crippen molar-refractivity contribution < 1.29 is 0 Å². The second-order valence-corrected chi connectivity index (χ2v) is 5.19. The Balaban J connectivity index is 2.64. The van der Waals surface area contributed by atoms with Gasteiger partial charge in [-0.1, -0.05) is 20.8 Å². The molecule has 0 aromatic rings. The Morgan fingerprint density at radius 3 is 1.91 bits per heavy atom. The Morgan fingerprint density at radius 2 is 1.64 bits per heavy atom. The normalized spacial score (nSPS) is 25.1. The molecule has 1 saturated heterocycles. The molecule has 1 aliphatic rings. The van der Waals surface area contributed by atoms with Gasteiger partial charge in [-0.15, -0.1) is 11.6 Å². The van der Waals surface area contributed by atoms with Crippen molar-refractivity contribution in [3.05, 3.63) is 0 Å². The van der Waals surface area contributed by atoms with Crippen molar-refractivity contribution in [3.63, 3.8) is 0 Å². The Hall–Kier alpha value is 0.250. The lowest BCUT2D eigenvalue weighted by Gasteiger charge is -2.42. The van der Waals surface area contributed by atoms with Crippen molar-refractivity contribution >= 4 is 11.6 Å². The van der Waals surface area contributed by atoms with Crippen LogP contribution in [0.2, 0.25) is 0 Å². The molecule has 1 rings (SSSR count). The first kappa shape index (κ1) is 9.34. The van der Waals surface area contributed by atoms with Crippen molar-refractivity contribution in [3.8, 4) is 0 Å². The van der Waals surface area contributed by atoms with Gasteiger partial charge in [-0.3, -0.25) is 0 Å². The summed E-state index contributed by atoms with van der Waals surface area (Å²) in [5, 5.41) is 3.33. The van der Waals surface area contributed by atoms with Gasteiger partial charge in [-0.2, -0.15) is 0 Å². The van der Waals surface area contributed by atoms with Crippen molar-refractivity contribution in [2.75, 3.05) is 13.1 Å². The Kier molecular flexibility index (Phi) is 2.50. The molecule has 2 heteroatoms. The molecule has 0 aromatic carbocycles. The van der Waals surface area contributed by atoms with Gasteiger partial charge in [-0.25, -0.2) is 0 Å². The number of alkyl halides is 1. The summed E-state index contributed by atoms with van der Waals surface area (Å²) in [7, 11) is 0. The lowest BCUT2D eigenvalue weighted by molar-refractivity contribution is 0.218. The topological polar surface area (TPSA) is 12.0 Å². The quantitative estimate of drug-likeness (QED) is 0.558. The molecule has 0 aromatic heterocycles. The predicted molar refractivity (Wildman–Crippen MR) is 50.1 cm³/mol. The lowest BCUT2D eigenvalue weighted by Crippen LogP contribution is -2.46. The molecule has 0 amide bonds. The highest BCUT2D eigenvalue weighted by atomic mass is 35.5. The fourth-order valence-corrected chi connectivity index (χ4v) is 1.76. The highest BCUT2D eigenvalue weighted by molar-refractivity contribution is 6.24. The maximum atomic E-state index is 6.51. The fourth-order valence-electron chi connectivity index (χ4n) is 1.57. The van der Waals surface area contributed by atoms with E-state index >= 15 is 0 Å². The third kappa shape index (κ3) is 1.88. The molecule has 11 heavy (non-hydrogen) atoms. The van der Waals surface area contributed by atoms with Gasteiger partial charge in [0, 0.05) is 0 Å². The van der Waals surface area contributed by atoms with Crippen LogP contribution in [-0.4, -0.2) is 18.0 Å². The Labute approximate surface area is 74.5 Å². The molecule has 1 heterocycles. The largest absolute Gasteiger partial charge is 0.317 e. The van der Waals surface area contributed by atoms with Gasteiger partial charge in [0.1, 0.15) is 0 Å². The van der Waals surface area contributed by atoms with Gasteiger partial charge < -0.3 is 5.32 Å². The monoisotopic (exact) mass is 175 g/mol. The van der Waals surface area contributed by atoms with E-state index in [0.717, 1.165) is 25.9 Å². The number of hydrogen-bond acceptors (Lipinski definition) is 1. The Bertz CT molecular complexity index is 131. The molecule has 0 radical (unpaired) electrons. The second kappa shape index (κ2) is 2.95. The van der Waals surface area contributed by atoms with E-state index in [1.807, 2.05) is 0 Å². The molecule has 0 spiro atoms. The third-order valence-electron chi connectivity index (χ3n) is 2.74. The predicted octanol–water partition coefficient (Wildman–Crippen LogP) is 2.39. The van der Waals surface area contributed by atoms with E-state index < -0.39 is 0 Å². The summed E-state index contributed by atoms with van der Waals surface area (Å²) in [5.74, 6) is 0. The molecular weight excluding hydrogens is 158 g/mol. The first-order valence-corrected chi connectivity index (χ1v) is 4.73. The summed E-state index contributed by atoms with van der Waals surface area (Å²) in [4.78, 5) is 0.0260. The summed E-state index contributed by atoms with van der Waals surface area (Å²) in [5.41, 5.74) is 0.233. The first-order chi connectivity index (χ1) is 4.96. The Morgan fingerprint density at radius 1 is 1.18 bits per heavy atom. The molecule has 66 valence electrons. The van der Waals surface area contributed by atoms with Crippen LogP contribution >= 0.6 is 11.6 Å². The van der Waals surface area contributed by atoms with E-state index in [0.29, 0.717) is 0 Å². The molecule has 0 unspecified atom stereocenters. The van der Waals surface area contributed by atoms with E-state index in [2.05, 4.69) is 26.1 Å². The first-order valence-electron chi connectivity index (χ1n) is 4.35. The molecule has 0 saturated carbocycles. The van der Waals surface area contributed by atoms with Crippen LogP contribution in [0.1, 0.15) is 33.6 Å². The molecule has 0 bridgehead atoms. The zero-order chi connectivity index (χ0) is 8.54. The SMILES string of the molecule is CC(C)(C)C1(Cl)CCNCC1. The van der Waals surface area contributed by atoms with Crippen LogP contribution in [0.25, 0.3) is 0 Å². The molecule has 0 atom stereocenters. The molecule has 0 aliphatic carbocycles. The van der Waals surface area contributed by atoms with Crippen LogP contribution in [-0.2, 0) is 0 Å². The molecule has 1 nitrogen and oxygen atoms in total. The van der Waals surface area contributed by atoms with Gasteiger partial charge in [0.2, 0.25) is 0 Å². The van der Waals surface area contributed by atoms with E-state index in [9.17, 15) is 0 Å². The summed E-state index contributed by atoms with van der Waals surface area (Å²) >= 11 is 6.51. The second-order valence-electron chi connectivity index (χ2n) is 4.47. The van der Waals surface area contributed by atoms with Crippen molar-refractivity contribution in [1.82, 2.24) is 5.32 Å². The molecule has 1 aliphatic heterocycles. The van der Waals surface area contributed by atoms with Crippen LogP contribution in [0, 0.1) is 5.41 Å². The lowest BCUT2D eigenvalue weighted by atomic mass is 9.75. The maximum absolute atomic E-state index is 6.51. The van der Waals surface area contributed by atoms with Crippen LogP contribution in [0.3, 0.4) is 0 Å². The van der Waals surface area contributed by atoms with Gasteiger partial charge in [0.05, 0.1) is 4.87 Å². The standard InChI is InChI=1S/C9H18ClN/c1-8(2,3)9(10)4-6-11-7-5-9/h11H,4-7H2,1-3H3. The zero-order valence-electron chi connectivity index (χ0n) is 7.71. The van der Waals surface area contributed by atoms with Gasteiger partial charge >= 0.3 is 0 Å². The average Bonchev–Trinajstić information content (AvgIpc) is 1.87. The minimum atomic E-state index is 0.0260. The number of halogens is 1.